The molecule has 0 bridgehead atoms. The predicted molar refractivity (Wildman–Crippen MR) is 114 cm³/mol. The molecule has 1 saturated heterocycles. The molecule has 0 N–H and O–H groups in total. The Morgan fingerprint density at radius 1 is 1.03 bits per heavy atom. The minimum absolute atomic E-state index is 0.0671. The van der Waals surface area contributed by atoms with Crippen LogP contribution in [0, 0.1) is 0 Å². The van der Waals surface area contributed by atoms with E-state index in [1.807, 2.05) is 6.07 Å². The highest BCUT2D eigenvalue weighted by atomic mass is 16.8. The molecule has 2 aliphatic rings. The Labute approximate surface area is 187 Å². The van der Waals surface area contributed by atoms with Gasteiger partial charge in [-0.1, -0.05) is 18.2 Å². The van der Waals surface area contributed by atoms with Gasteiger partial charge in [-0.05, 0) is 51.5 Å². The van der Waals surface area contributed by atoms with Crippen molar-refractivity contribution in [2.45, 2.75) is 58.2 Å². The molecule has 1 heterocycles. The number of benzene rings is 1. The molecular weight excluding hydrogens is 416 g/mol. The molecule has 1 aromatic rings. The first kappa shape index (κ1) is 23.7. The first-order valence-electron chi connectivity index (χ1n) is 10.6. The second-order valence-electron chi connectivity index (χ2n) is 7.82. The molecule has 0 spiro atoms. The predicted octanol–water partition coefficient (Wildman–Crippen LogP) is 3.11. The monoisotopic (exact) mass is 444 g/mol. The lowest BCUT2D eigenvalue weighted by molar-refractivity contribution is -0.153. The van der Waals surface area contributed by atoms with E-state index in [4.69, 9.17) is 23.7 Å². The van der Waals surface area contributed by atoms with Crippen LogP contribution in [-0.4, -0.2) is 55.2 Å². The fourth-order valence-corrected chi connectivity index (χ4v) is 3.70. The number of ether oxygens (including phenoxy) is 5. The zero-order valence-electron chi connectivity index (χ0n) is 18.7. The molecule has 172 valence electrons. The van der Waals surface area contributed by atoms with Crippen LogP contribution in [0.15, 0.2) is 53.6 Å². The van der Waals surface area contributed by atoms with Crippen molar-refractivity contribution < 1.29 is 38.1 Å². The van der Waals surface area contributed by atoms with E-state index in [1.165, 1.54) is 0 Å². The molecule has 0 amide bonds. The number of rotatable bonds is 8. The van der Waals surface area contributed by atoms with Gasteiger partial charge >= 0.3 is 17.9 Å². The summed E-state index contributed by atoms with van der Waals surface area (Å²) in [5.41, 5.74) is 1.20. The first-order chi connectivity index (χ1) is 15.2. The lowest BCUT2D eigenvalue weighted by Crippen LogP contribution is -2.33. The molecule has 3 atom stereocenters. The van der Waals surface area contributed by atoms with Gasteiger partial charge < -0.3 is 23.7 Å². The first-order valence-corrected chi connectivity index (χ1v) is 10.6. The molecule has 1 fully saturated rings. The van der Waals surface area contributed by atoms with E-state index in [0.717, 1.165) is 6.08 Å². The summed E-state index contributed by atoms with van der Waals surface area (Å²) in [6, 6.07) is 8.63. The van der Waals surface area contributed by atoms with Crippen LogP contribution in [-0.2, 0) is 33.3 Å². The third-order valence-electron chi connectivity index (χ3n) is 4.96. The highest BCUT2D eigenvalue weighted by Gasteiger charge is 2.51. The Kier molecular flexibility index (Phi) is 7.48. The van der Waals surface area contributed by atoms with Crippen molar-refractivity contribution in [1.82, 2.24) is 0 Å². The SMILES string of the molecule is CCOC(=O)/C=C(\CC1=C[C@H](OC(=O)c2ccccc2)[C@@H]2OC(C)(C)O[C@H]12)C(=O)OCC. The van der Waals surface area contributed by atoms with Crippen LogP contribution in [0.1, 0.15) is 44.5 Å². The third kappa shape index (κ3) is 5.63. The average molecular weight is 444 g/mol. The van der Waals surface area contributed by atoms with Gasteiger partial charge in [-0.15, -0.1) is 0 Å². The Balaban J connectivity index is 1.85. The van der Waals surface area contributed by atoms with Crippen molar-refractivity contribution in [2.75, 3.05) is 13.2 Å². The molecule has 32 heavy (non-hydrogen) atoms. The summed E-state index contributed by atoms with van der Waals surface area (Å²) in [5, 5.41) is 0. The number of carbonyl (C=O) groups is 3. The second kappa shape index (κ2) is 10.1. The van der Waals surface area contributed by atoms with E-state index in [1.54, 1.807) is 58.0 Å². The fraction of sp³-hybridized carbons (Fsp3) is 0.458. The molecule has 8 heteroatoms. The van der Waals surface area contributed by atoms with E-state index in [9.17, 15) is 14.4 Å². The molecule has 1 aliphatic heterocycles. The fourth-order valence-electron chi connectivity index (χ4n) is 3.70. The topological polar surface area (TPSA) is 97.4 Å². The minimum Gasteiger partial charge on any atom is -0.463 e. The molecule has 1 aliphatic carbocycles. The molecule has 0 saturated carbocycles. The Morgan fingerprint density at radius 3 is 2.38 bits per heavy atom. The maximum Gasteiger partial charge on any atom is 0.338 e. The number of hydrogen-bond acceptors (Lipinski definition) is 8. The van der Waals surface area contributed by atoms with E-state index >= 15 is 0 Å². The van der Waals surface area contributed by atoms with Crippen molar-refractivity contribution in [1.29, 1.82) is 0 Å². The highest BCUT2D eigenvalue weighted by molar-refractivity contribution is 5.96. The van der Waals surface area contributed by atoms with Crippen LogP contribution in [0.2, 0.25) is 0 Å². The molecule has 0 unspecified atom stereocenters. The second-order valence-corrected chi connectivity index (χ2v) is 7.82. The van der Waals surface area contributed by atoms with Gasteiger partial charge in [0.25, 0.3) is 0 Å². The average Bonchev–Trinajstić information content (AvgIpc) is 3.22. The third-order valence-corrected chi connectivity index (χ3v) is 4.96. The van der Waals surface area contributed by atoms with Gasteiger partial charge in [-0.3, -0.25) is 0 Å². The van der Waals surface area contributed by atoms with Crippen molar-refractivity contribution in [3.63, 3.8) is 0 Å². The summed E-state index contributed by atoms with van der Waals surface area (Å²) in [7, 11) is 0. The van der Waals surface area contributed by atoms with Crippen LogP contribution in [0.25, 0.3) is 0 Å². The zero-order valence-corrected chi connectivity index (χ0v) is 18.7. The van der Waals surface area contributed by atoms with Gasteiger partial charge in [0.1, 0.15) is 18.3 Å². The van der Waals surface area contributed by atoms with Gasteiger partial charge in [0.15, 0.2) is 5.79 Å². The van der Waals surface area contributed by atoms with Crippen molar-refractivity contribution in [2.24, 2.45) is 0 Å². The summed E-state index contributed by atoms with van der Waals surface area (Å²) in [4.78, 5) is 37.0. The number of carbonyl (C=O) groups excluding carboxylic acids is 3. The van der Waals surface area contributed by atoms with Crippen molar-refractivity contribution >= 4 is 17.9 Å². The van der Waals surface area contributed by atoms with Crippen LogP contribution < -0.4 is 0 Å². The van der Waals surface area contributed by atoms with E-state index in [0.29, 0.717) is 11.1 Å². The maximum absolute atomic E-state index is 12.6. The summed E-state index contributed by atoms with van der Waals surface area (Å²) in [6.07, 6.45) is 1.08. The Bertz CT molecular complexity index is 915. The molecule has 8 nitrogen and oxygen atoms in total. The summed E-state index contributed by atoms with van der Waals surface area (Å²) >= 11 is 0. The molecule has 3 rings (SSSR count). The van der Waals surface area contributed by atoms with Crippen molar-refractivity contribution in [3.8, 4) is 0 Å². The summed E-state index contributed by atoms with van der Waals surface area (Å²) < 4.78 is 27.7. The normalized spacial score (nSPS) is 23.8. The van der Waals surface area contributed by atoms with E-state index < -0.39 is 42.0 Å². The lowest BCUT2D eigenvalue weighted by Gasteiger charge is -2.21. The van der Waals surface area contributed by atoms with E-state index in [2.05, 4.69) is 0 Å². The molecule has 0 radical (unpaired) electrons. The lowest BCUT2D eigenvalue weighted by atomic mass is 10.0. The van der Waals surface area contributed by atoms with Crippen LogP contribution >= 0.6 is 0 Å². The number of esters is 3. The van der Waals surface area contributed by atoms with Gasteiger partial charge in [-0.25, -0.2) is 14.4 Å². The van der Waals surface area contributed by atoms with Crippen molar-refractivity contribution in [3.05, 3.63) is 59.2 Å². The quantitative estimate of drug-likeness (QED) is 0.261. The highest BCUT2D eigenvalue weighted by Crippen LogP contribution is 2.41. The minimum atomic E-state index is -0.902. The van der Waals surface area contributed by atoms with Gasteiger partial charge in [0.05, 0.1) is 18.8 Å². The van der Waals surface area contributed by atoms with Gasteiger partial charge in [0, 0.05) is 18.1 Å². The number of fused-ring (bicyclic) bond motifs is 1. The number of hydrogen-bond donors (Lipinski definition) is 0. The summed E-state index contributed by atoms with van der Waals surface area (Å²) in [6.45, 7) is 7.23. The Morgan fingerprint density at radius 2 is 1.72 bits per heavy atom. The molecular formula is C24H28O8. The van der Waals surface area contributed by atoms with E-state index in [-0.39, 0.29) is 25.2 Å². The summed E-state index contributed by atoms with van der Waals surface area (Å²) in [5.74, 6) is -2.66. The zero-order chi connectivity index (χ0) is 23.3. The standard InChI is InChI=1S/C24H28O8/c1-5-28-19(25)14-17(22(26)29-6-2)12-16-13-18(21-20(16)31-24(3,4)32-21)30-23(27)15-10-8-7-9-11-15/h7-11,13-14,18,20-21H,5-6,12H2,1-4H3/b17-14+/t18-,20+,21-/m0/s1. The molecule has 0 aromatic heterocycles. The van der Waals surface area contributed by atoms with Crippen LogP contribution in [0.5, 0.6) is 0 Å². The maximum atomic E-state index is 12.6. The van der Waals surface area contributed by atoms with Crippen LogP contribution in [0.4, 0.5) is 0 Å². The smallest absolute Gasteiger partial charge is 0.338 e. The molecule has 1 aromatic carbocycles. The van der Waals surface area contributed by atoms with Gasteiger partial charge in [-0.2, -0.15) is 0 Å². The largest absolute Gasteiger partial charge is 0.463 e. The van der Waals surface area contributed by atoms with Gasteiger partial charge in [0.2, 0.25) is 0 Å². The van der Waals surface area contributed by atoms with Crippen LogP contribution in [0.3, 0.4) is 0 Å². The Hall–Kier alpha value is -2.97.